The van der Waals surface area contributed by atoms with Crippen LogP contribution in [0, 0.1) is 5.92 Å². The lowest BCUT2D eigenvalue weighted by Crippen LogP contribution is -2.45. The molecule has 3 N–H and O–H groups in total. The van der Waals surface area contributed by atoms with Crippen LogP contribution in [0.4, 0.5) is 4.79 Å². The van der Waals surface area contributed by atoms with Gasteiger partial charge in [0.05, 0.1) is 5.69 Å². The highest BCUT2D eigenvalue weighted by Gasteiger charge is 2.27. The Morgan fingerprint density at radius 1 is 1.43 bits per heavy atom. The fraction of sp³-hybridized carbons (Fsp3) is 0.765. The van der Waals surface area contributed by atoms with Crippen LogP contribution in [-0.4, -0.2) is 34.5 Å². The fourth-order valence-corrected chi connectivity index (χ4v) is 3.12. The minimum absolute atomic E-state index is 0.227. The molecule has 1 aromatic rings. The van der Waals surface area contributed by atoms with Gasteiger partial charge in [0.1, 0.15) is 5.60 Å². The number of hydrogen-bond donors (Lipinski definition) is 3. The van der Waals surface area contributed by atoms with E-state index in [0.717, 1.165) is 18.5 Å². The second-order valence-corrected chi connectivity index (χ2v) is 7.43. The van der Waals surface area contributed by atoms with Crippen molar-refractivity contribution >= 4 is 6.09 Å². The first-order valence-corrected chi connectivity index (χ1v) is 8.57. The molecule has 0 radical (unpaired) electrons. The molecule has 1 saturated carbocycles. The molecule has 2 rings (SSSR count). The Kier molecular flexibility index (Phi) is 6.04. The Morgan fingerprint density at radius 2 is 2.17 bits per heavy atom. The number of nitrogens with zero attached hydrogens (tertiary/aromatic N) is 1. The van der Waals surface area contributed by atoms with Crippen LogP contribution in [0.5, 0.6) is 0 Å². The van der Waals surface area contributed by atoms with Gasteiger partial charge >= 0.3 is 6.09 Å². The maximum atomic E-state index is 11.8. The maximum Gasteiger partial charge on any atom is 0.407 e. The van der Waals surface area contributed by atoms with E-state index in [9.17, 15) is 4.79 Å². The molecule has 130 valence electrons. The molecule has 0 aliphatic heterocycles. The van der Waals surface area contributed by atoms with Crippen molar-refractivity contribution in [1.82, 2.24) is 20.8 Å². The predicted molar refractivity (Wildman–Crippen MR) is 90.1 cm³/mol. The van der Waals surface area contributed by atoms with E-state index in [4.69, 9.17) is 4.74 Å². The molecular weight excluding hydrogens is 292 g/mol. The summed E-state index contributed by atoms with van der Waals surface area (Å²) in [7, 11) is 0. The molecule has 23 heavy (non-hydrogen) atoms. The first-order chi connectivity index (χ1) is 10.8. The summed E-state index contributed by atoms with van der Waals surface area (Å²) in [6.07, 6.45) is 6.16. The normalized spacial score (nSPS) is 23.3. The van der Waals surface area contributed by atoms with Crippen molar-refractivity contribution in [1.29, 1.82) is 0 Å². The Balaban J connectivity index is 1.84. The van der Waals surface area contributed by atoms with Gasteiger partial charge in [-0.15, -0.1) is 0 Å². The van der Waals surface area contributed by atoms with Crippen LogP contribution in [0.1, 0.15) is 65.1 Å². The van der Waals surface area contributed by atoms with Crippen LogP contribution < -0.4 is 10.6 Å². The highest BCUT2D eigenvalue weighted by atomic mass is 16.6. The number of carbonyl (C=O) groups excluding carboxylic acids is 1. The van der Waals surface area contributed by atoms with Gasteiger partial charge in [-0.1, -0.05) is 12.8 Å². The molecule has 1 heterocycles. The lowest BCUT2D eigenvalue weighted by Gasteiger charge is -2.34. The Bertz CT molecular complexity index is 481. The van der Waals surface area contributed by atoms with Crippen LogP contribution in [0.2, 0.25) is 0 Å². The SMILES string of the molecule is CC(NC1CCCCC1CNC(=O)OC(C)(C)C)c1ccn[nH]1. The molecule has 0 bridgehead atoms. The molecule has 6 nitrogen and oxygen atoms in total. The van der Waals surface area contributed by atoms with Crippen molar-refractivity contribution in [3.8, 4) is 0 Å². The number of carbonyl (C=O) groups is 1. The molecule has 1 aromatic heterocycles. The zero-order valence-electron chi connectivity index (χ0n) is 14.7. The molecule has 0 spiro atoms. The van der Waals surface area contributed by atoms with Crippen molar-refractivity contribution in [3.05, 3.63) is 18.0 Å². The zero-order valence-corrected chi connectivity index (χ0v) is 14.7. The Labute approximate surface area is 138 Å². The second-order valence-electron chi connectivity index (χ2n) is 7.43. The number of aromatic nitrogens is 2. The van der Waals surface area contributed by atoms with Crippen molar-refractivity contribution in [3.63, 3.8) is 0 Å². The molecule has 0 saturated heterocycles. The van der Waals surface area contributed by atoms with Gasteiger partial charge < -0.3 is 15.4 Å². The minimum Gasteiger partial charge on any atom is -0.444 e. The molecule has 0 aromatic carbocycles. The summed E-state index contributed by atoms with van der Waals surface area (Å²) in [5.74, 6) is 0.432. The predicted octanol–water partition coefficient (Wildman–Crippen LogP) is 3.14. The molecule has 3 atom stereocenters. The van der Waals surface area contributed by atoms with Crippen LogP contribution in [0.15, 0.2) is 12.3 Å². The van der Waals surface area contributed by atoms with Crippen LogP contribution in [-0.2, 0) is 4.74 Å². The van der Waals surface area contributed by atoms with Gasteiger partial charge in [0.25, 0.3) is 0 Å². The van der Waals surface area contributed by atoms with Gasteiger partial charge in [-0.3, -0.25) is 5.10 Å². The number of H-pyrrole nitrogens is 1. The highest BCUT2D eigenvalue weighted by molar-refractivity contribution is 5.67. The first-order valence-electron chi connectivity index (χ1n) is 8.57. The maximum absolute atomic E-state index is 11.8. The monoisotopic (exact) mass is 322 g/mol. The third-order valence-corrected chi connectivity index (χ3v) is 4.27. The molecule has 3 unspecified atom stereocenters. The summed E-state index contributed by atoms with van der Waals surface area (Å²) in [5.41, 5.74) is 0.637. The summed E-state index contributed by atoms with van der Waals surface area (Å²) >= 11 is 0. The Hall–Kier alpha value is -1.56. The van der Waals surface area contributed by atoms with E-state index in [1.807, 2.05) is 26.8 Å². The molecule has 1 fully saturated rings. The van der Waals surface area contributed by atoms with Gasteiger partial charge in [-0.2, -0.15) is 5.10 Å². The number of hydrogen-bond acceptors (Lipinski definition) is 4. The lowest BCUT2D eigenvalue weighted by molar-refractivity contribution is 0.0510. The lowest BCUT2D eigenvalue weighted by atomic mass is 9.84. The molecule has 6 heteroatoms. The Morgan fingerprint density at radius 3 is 2.83 bits per heavy atom. The third-order valence-electron chi connectivity index (χ3n) is 4.27. The van der Waals surface area contributed by atoms with E-state index >= 15 is 0 Å². The topological polar surface area (TPSA) is 79.0 Å². The van der Waals surface area contributed by atoms with Gasteiger partial charge in [0.15, 0.2) is 0 Å². The number of rotatable bonds is 5. The average Bonchev–Trinajstić information content (AvgIpc) is 2.99. The highest BCUT2D eigenvalue weighted by Crippen LogP contribution is 2.26. The summed E-state index contributed by atoms with van der Waals surface area (Å²) in [4.78, 5) is 11.8. The van der Waals surface area contributed by atoms with Gasteiger partial charge in [0, 0.05) is 24.8 Å². The third kappa shape index (κ3) is 5.86. The van der Waals surface area contributed by atoms with Crippen molar-refractivity contribution in [2.45, 2.75) is 71.1 Å². The number of aromatic amines is 1. The van der Waals surface area contributed by atoms with Crippen LogP contribution in [0.25, 0.3) is 0 Å². The van der Waals surface area contributed by atoms with Crippen molar-refractivity contribution < 1.29 is 9.53 Å². The van der Waals surface area contributed by atoms with E-state index in [2.05, 4.69) is 27.8 Å². The smallest absolute Gasteiger partial charge is 0.407 e. The summed E-state index contributed by atoms with van der Waals surface area (Å²) in [5, 5.41) is 13.6. The summed E-state index contributed by atoms with van der Waals surface area (Å²) in [6.45, 7) is 8.43. The van der Waals surface area contributed by atoms with E-state index < -0.39 is 5.60 Å². The molecule has 1 amide bonds. The van der Waals surface area contributed by atoms with Gasteiger partial charge in [-0.05, 0) is 52.5 Å². The van der Waals surface area contributed by atoms with Gasteiger partial charge in [0.2, 0.25) is 0 Å². The summed E-state index contributed by atoms with van der Waals surface area (Å²) < 4.78 is 5.32. The van der Waals surface area contributed by atoms with E-state index in [1.54, 1.807) is 6.20 Å². The molecule has 1 aliphatic rings. The van der Waals surface area contributed by atoms with Crippen LogP contribution in [0.3, 0.4) is 0 Å². The minimum atomic E-state index is -0.455. The van der Waals surface area contributed by atoms with Crippen LogP contribution >= 0.6 is 0 Å². The van der Waals surface area contributed by atoms with E-state index in [0.29, 0.717) is 18.5 Å². The standard InChI is InChI=1S/C17H30N4O2/c1-12(14-9-10-19-21-14)20-15-8-6-5-7-13(15)11-18-16(22)23-17(2,3)4/h9-10,12-13,15,20H,5-8,11H2,1-4H3,(H,18,22)(H,19,21). The molecule has 1 aliphatic carbocycles. The largest absolute Gasteiger partial charge is 0.444 e. The summed E-state index contributed by atoms with van der Waals surface area (Å²) in [6, 6.07) is 2.62. The van der Waals surface area contributed by atoms with E-state index in [-0.39, 0.29) is 12.1 Å². The zero-order chi connectivity index (χ0) is 16.9. The number of amides is 1. The molecular formula is C17H30N4O2. The number of ether oxygens (including phenoxy) is 1. The van der Waals surface area contributed by atoms with Gasteiger partial charge in [-0.25, -0.2) is 4.79 Å². The second kappa shape index (κ2) is 7.81. The number of alkyl carbamates (subject to hydrolysis) is 1. The number of nitrogens with one attached hydrogen (secondary N) is 3. The fourth-order valence-electron chi connectivity index (χ4n) is 3.12. The average molecular weight is 322 g/mol. The quantitative estimate of drug-likeness (QED) is 0.778. The van der Waals surface area contributed by atoms with E-state index in [1.165, 1.54) is 12.8 Å². The first kappa shape index (κ1) is 17.8. The van der Waals surface area contributed by atoms with Crippen molar-refractivity contribution in [2.24, 2.45) is 5.92 Å². The van der Waals surface area contributed by atoms with Crippen molar-refractivity contribution in [2.75, 3.05) is 6.54 Å².